The third-order valence-electron chi connectivity index (χ3n) is 3.58. The van der Waals surface area contributed by atoms with Crippen molar-refractivity contribution < 1.29 is 36.2 Å². The van der Waals surface area contributed by atoms with Crippen LogP contribution in [-0.2, 0) is 9.53 Å². The van der Waals surface area contributed by atoms with Gasteiger partial charge in [0.15, 0.2) is 12.6 Å². The first kappa shape index (κ1) is 25.0. The molecule has 0 aliphatic heterocycles. The summed E-state index contributed by atoms with van der Waals surface area (Å²) < 4.78 is 64.7. The predicted octanol–water partition coefficient (Wildman–Crippen LogP) is 3.62. The zero-order chi connectivity index (χ0) is 20.4. The van der Waals surface area contributed by atoms with Gasteiger partial charge in [-0.15, -0.1) is 0 Å². The first-order valence-corrected chi connectivity index (χ1v) is 7.93. The van der Waals surface area contributed by atoms with Gasteiger partial charge in [-0.3, -0.25) is 4.79 Å². The molecule has 0 bridgehead atoms. The molecule has 169 valence electrons. The molecule has 1 aromatic heterocycles. The number of nitrogens with zero attached hydrogens (tertiary/aromatic N) is 2. The fourth-order valence-corrected chi connectivity index (χ4v) is 2.54. The van der Waals surface area contributed by atoms with Crippen molar-refractivity contribution in [3.05, 3.63) is 31.4 Å². The molecule has 1 amide bonds. The van der Waals surface area contributed by atoms with Crippen molar-refractivity contribution in [1.29, 1.82) is 0 Å². The summed E-state index contributed by atoms with van der Waals surface area (Å²) in [5, 5.41) is 2.77. The molecule has 1 heterocycles. The maximum atomic E-state index is 12.8. The standard InChI is InChI=1S/C15H20F2N3O3.CF3.Lr/c1-3-23-14-5-11(18-9-19-14)12(8-22-2)20-13(21)4-10-6-15(16,17)7-10;2-1(3)4;/h3,5,9-10,12H,4,6-8H2,1-2H3,(H,20,21);;/q2*-1;. The van der Waals surface area contributed by atoms with Crippen LogP contribution in [0, 0.1) is 19.2 Å². The minimum Gasteiger partial charge on any atom is -0.649 e. The second-order valence-corrected chi connectivity index (χ2v) is 5.76. The fourth-order valence-electron chi connectivity index (χ4n) is 2.54. The number of carbonyl (C=O) groups excluding carboxylic acids is 1. The summed E-state index contributed by atoms with van der Waals surface area (Å²) in [4.78, 5) is 20.1. The fraction of sp³-hybridized carbons (Fsp3) is 0.562. The molecule has 1 saturated carbocycles. The molecule has 1 fully saturated rings. The average molecular weight is 659 g/mol. The molecule has 2 rings (SSSR count). The number of hydrogen-bond donors (Lipinski definition) is 1. The van der Waals surface area contributed by atoms with Gasteiger partial charge in [0, 0.05) is 32.4 Å². The Morgan fingerprint density at radius 1 is 1.39 bits per heavy atom. The summed E-state index contributed by atoms with van der Waals surface area (Å²) in [5.41, 5.74) is 0.533. The maximum absolute atomic E-state index is 12.8. The molecule has 1 radical (unpaired) electrons. The monoisotopic (exact) mass is 659 g/mol. The van der Waals surface area contributed by atoms with Gasteiger partial charge < -0.3 is 28.0 Å². The van der Waals surface area contributed by atoms with Crippen molar-refractivity contribution in [2.45, 2.75) is 38.2 Å². The number of carbonyl (C=O) groups is 1. The van der Waals surface area contributed by atoms with Gasteiger partial charge >= 0.3 is 0 Å². The van der Waals surface area contributed by atoms with Crippen LogP contribution in [0.2, 0.25) is 0 Å². The van der Waals surface area contributed by atoms with E-state index in [1.165, 1.54) is 20.0 Å². The Labute approximate surface area is 153 Å². The van der Waals surface area contributed by atoms with Crippen molar-refractivity contribution in [2.24, 2.45) is 5.92 Å². The van der Waals surface area contributed by atoms with Crippen molar-refractivity contribution >= 4 is 5.91 Å². The molecule has 28 heavy (non-hydrogen) atoms. The number of hydrogen-bond acceptors (Lipinski definition) is 5. The second-order valence-electron chi connectivity index (χ2n) is 5.76. The molecule has 0 aromatic carbocycles. The van der Waals surface area contributed by atoms with Gasteiger partial charge in [0.2, 0.25) is 11.8 Å². The predicted molar refractivity (Wildman–Crippen MR) is 84.2 cm³/mol. The van der Waals surface area contributed by atoms with Gasteiger partial charge in [-0.25, -0.2) is 18.7 Å². The van der Waals surface area contributed by atoms with Crippen LogP contribution in [0.3, 0.4) is 0 Å². The number of halogens is 5. The van der Waals surface area contributed by atoms with Crippen molar-refractivity contribution in [3.63, 3.8) is 0 Å². The van der Waals surface area contributed by atoms with Crippen molar-refractivity contribution in [3.8, 4) is 5.88 Å². The smallest absolute Gasteiger partial charge is 0.248 e. The Hall–Kier alpha value is -3.04. The molecule has 1 N–H and O–H groups in total. The summed E-state index contributed by atoms with van der Waals surface area (Å²) >= 11 is 0. The normalized spacial score (nSPS) is 16.1. The first-order valence-electron chi connectivity index (χ1n) is 7.93. The maximum Gasteiger partial charge on any atom is 0.248 e. The van der Waals surface area contributed by atoms with Gasteiger partial charge in [0.05, 0.1) is 18.3 Å². The Morgan fingerprint density at radius 3 is 2.50 bits per heavy atom. The largest absolute Gasteiger partial charge is 0.649 e. The summed E-state index contributed by atoms with van der Waals surface area (Å²) in [6.07, 6.45) is 0.947. The van der Waals surface area contributed by atoms with Crippen LogP contribution in [0.5, 0.6) is 5.88 Å². The Bertz CT molecular complexity index is 588. The minimum absolute atomic E-state index is 0. The molecule has 1 unspecified atom stereocenters. The van der Waals surface area contributed by atoms with E-state index in [2.05, 4.69) is 15.3 Å². The SMILES string of the molecule is C[CH-]Oc1cc(C(COC)NC(=O)CC2CC(F)(F)C2)ncn1.F[C-](F)F.[Lr]. The van der Waals surface area contributed by atoms with E-state index < -0.39 is 18.6 Å². The Morgan fingerprint density at radius 2 is 2.00 bits per heavy atom. The zero-order valence-electron chi connectivity index (χ0n) is 15.0. The van der Waals surface area contributed by atoms with Crippen LogP contribution < -0.4 is 10.1 Å². The molecule has 12 heteroatoms. The zero-order valence-corrected chi connectivity index (χ0v) is 17.1. The van der Waals surface area contributed by atoms with E-state index in [-0.39, 0.29) is 37.7 Å². The van der Waals surface area contributed by atoms with Gasteiger partial charge in [-0.1, -0.05) is 0 Å². The molecular weight excluding hydrogens is 639 g/mol. The van der Waals surface area contributed by atoms with E-state index in [9.17, 15) is 26.7 Å². The summed E-state index contributed by atoms with van der Waals surface area (Å²) in [6.45, 7) is 0.316. The minimum atomic E-state index is -3.08. The molecule has 1 aliphatic rings. The number of ether oxygens (including phenoxy) is 2. The van der Waals surface area contributed by atoms with E-state index in [1.54, 1.807) is 13.0 Å². The second kappa shape index (κ2) is 11.6. The van der Waals surface area contributed by atoms with E-state index >= 15 is 0 Å². The van der Waals surface area contributed by atoms with Crippen LogP contribution in [0.4, 0.5) is 22.0 Å². The number of alkyl halides is 2. The summed E-state index contributed by atoms with van der Waals surface area (Å²) in [7, 11) is 1.50. The average Bonchev–Trinajstić information content (AvgIpc) is 2.53. The van der Waals surface area contributed by atoms with E-state index in [0.29, 0.717) is 11.6 Å². The van der Waals surface area contributed by atoms with Gasteiger partial charge in [-0.05, 0) is 5.92 Å². The molecule has 1 atom stereocenters. The van der Waals surface area contributed by atoms with Gasteiger partial charge in [0.25, 0.3) is 0 Å². The van der Waals surface area contributed by atoms with E-state index in [0.717, 1.165) is 0 Å². The van der Waals surface area contributed by atoms with Crippen LogP contribution in [0.15, 0.2) is 12.4 Å². The molecule has 1 aliphatic carbocycles. The quantitative estimate of drug-likeness (QED) is 0.341. The molecule has 0 saturated heterocycles. The van der Waals surface area contributed by atoms with Crippen LogP contribution in [0.1, 0.15) is 37.9 Å². The van der Waals surface area contributed by atoms with Crippen LogP contribution in [0.25, 0.3) is 0 Å². The van der Waals surface area contributed by atoms with Crippen LogP contribution in [-0.4, -0.2) is 35.5 Å². The van der Waals surface area contributed by atoms with Crippen molar-refractivity contribution in [2.75, 3.05) is 13.7 Å². The number of nitrogens with one attached hydrogen (secondary N) is 1. The van der Waals surface area contributed by atoms with E-state index in [1.807, 2.05) is 0 Å². The van der Waals surface area contributed by atoms with Crippen molar-refractivity contribution in [1.82, 2.24) is 15.3 Å². The molecular formula is C16H20F5LrN3O3-2. The number of methoxy groups -OCH3 is 1. The number of aromatic nitrogens is 2. The van der Waals surface area contributed by atoms with Gasteiger partial charge in [-0.2, -0.15) is 13.5 Å². The van der Waals surface area contributed by atoms with Crippen LogP contribution >= 0.6 is 0 Å². The molecule has 1 aromatic rings. The van der Waals surface area contributed by atoms with E-state index in [4.69, 9.17) is 9.47 Å². The Kier molecular flexibility index (Phi) is 10.4. The summed E-state index contributed by atoms with van der Waals surface area (Å²) in [5.74, 6) is -2.83. The first-order chi connectivity index (χ1) is 12.7. The third kappa shape index (κ3) is 9.06. The Balaban J connectivity index is 0.00000133. The van der Waals surface area contributed by atoms with Gasteiger partial charge in [0.1, 0.15) is 6.33 Å². The third-order valence-corrected chi connectivity index (χ3v) is 3.58. The summed E-state index contributed by atoms with van der Waals surface area (Å²) in [6, 6.07) is 1.11. The topological polar surface area (TPSA) is 73.3 Å². The molecule has 0 spiro atoms. The number of amides is 1. The molecule has 6 nitrogen and oxygen atoms in total. The number of rotatable bonds is 8.